The van der Waals surface area contributed by atoms with Crippen molar-refractivity contribution < 1.29 is 14.6 Å². The average Bonchev–Trinajstić information content (AvgIpc) is 3.18. The molecule has 172 valence electrons. The van der Waals surface area contributed by atoms with Crippen molar-refractivity contribution >= 4 is 23.2 Å². The number of ether oxygens (including phenoxy) is 1. The number of anilines is 1. The molecule has 2 aliphatic rings. The van der Waals surface area contributed by atoms with Crippen LogP contribution in [-0.2, 0) is 21.7 Å². The van der Waals surface area contributed by atoms with Crippen molar-refractivity contribution in [1.82, 2.24) is 15.2 Å². The molecule has 0 spiro atoms. The summed E-state index contributed by atoms with van der Waals surface area (Å²) >= 11 is 6.03. The van der Waals surface area contributed by atoms with Crippen LogP contribution in [0.2, 0.25) is 5.02 Å². The molecule has 1 aromatic carbocycles. The van der Waals surface area contributed by atoms with Gasteiger partial charge in [0.1, 0.15) is 0 Å². The normalized spacial score (nSPS) is 20.4. The number of amides is 1. The van der Waals surface area contributed by atoms with Crippen LogP contribution in [0.1, 0.15) is 43.7 Å². The van der Waals surface area contributed by atoms with Crippen LogP contribution in [0.5, 0.6) is 0 Å². The highest BCUT2D eigenvalue weighted by atomic mass is 35.5. The zero-order valence-corrected chi connectivity index (χ0v) is 19.6. The van der Waals surface area contributed by atoms with E-state index in [0.29, 0.717) is 43.4 Å². The van der Waals surface area contributed by atoms with Gasteiger partial charge in [0.05, 0.1) is 18.4 Å². The van der Waals surface area contributed by atoms with Gasteiger partial charge in [0, 0.05) is 61.2 Å². The molecule has 0 saturated carbocycles. The predicted molar refractivity (Wildman–Crippen MR) is 125 cm³/mol. The lowest BCUT2D eigenvalue weighted by molar-refractivity contribution is -0.152. The van der Waals surface area contributed by atoms with E-state index >= 15 is 0 Å². The van der Waals surface area contributed by atoms with Gasteiger partial charge in [-0.1, -0.05) is 37.6 Å². The third-order valence-corrected chi connectivity index (χ3v) is 6.53. The minimum atomic E-state index is -1.66. The van der Waals surface area contributed by atoms with Crippen LogP contribution >= 0.6 is 11.6 Å². The van der Waals surface area contributed by atoms with E-state index in [1.54, 1.807) is 29.2 Å². The Bertz CT molecular complexity index is 960. The van der Waals surface area contributed by atoms with Crippen LogP contribution in [0.4, 0.5) is 5.69 Å². The standard InChI is InChI=1S/C24H31ClN4O3/c1-16(2)27-15-24(31,18-4-6-19(25)7-5-18)23(30)29-12-10-28(11-13-29)21-8-9-26-20-14-32-17(3)22(20)21/h4-9,16-17,27,31H,10-15H2,1-3H3/t17-,24?/m0/s1. The molecule has 0 bridgehead atoms. The van der Waals surface area contributed by atoms with Gasteiger partial charge in [-0.05, 0) is 30.7 Å². The Balaban J connectivity index is 1.51. The van der Waals surface area contributed by atoms with Gasteiger partial charge in [0.2, 0.25) is 0 Å². The summed E-state index contributed by atoms with van der Waals surface area (Å²) in [5.41, 5.74) is 2.15. The van der Waals surface area contributed by atoms with Gasteiger partial charge in [0.15, 0.2) is 5.60 Å². The summed E-state index contributed by atoms with van der Waals surface area (Å²) in [6.45, 7) is 9.13. The number of rotatable bonds is 6. The molecule has 7 nitrogen and oxygen atoms in total. The van der Waals surface area contributed by atoms with Gasteiger partial charge in [0.25, 0.3) is 5.91 Å². The molecular formula is C24H31ClN4O3. The summed E-state index contributed by atoms with van der Waals surface area (Å²) < 4.78 is 5.76. The first-order valence-corrected chi connectivity index (χ1v) is 11.5. The molecule has 0 aliphatic carbocycles. The van der Waals surface area contributed by atoms with Crippen molar-refractivity contribution in [1.29, 1.82) is 0 Å². The molecule has 1 fully saturated rings. The highest BCUT2D eigenvalue weighted by molar-refractivity contribution is 6.30. The van der Waals surface area contributed by atoms with E-state index in [1.807, 2.05) is 33.0 Å². The summed E-state index contributed by atoms with van der Waals surface area (Å²) in [6.07, 6.45) is 1.84. The molecule has 2 aromatic rings. The number of carbonyl (C=O) groups excluding carboxylic acids is 1. The minimum Gasteiger partial charge on any atom is -0.374 e. The minimum absolute atomic E-state index is 0.0189. The lowest BCUT2D eigenvalue weighted by Crippen LogP contribution is -2.58. The molecule has 2 atom stereocenters. The van der Waals surface area contributed by atoms with Gasteiger partial charge in [-0.15, -0.1) is 0 Å². The first-order chi connectivity index (χ1) is 15.3. The fourth-order valence-corrected chi connectivity index (χ4v) is 4.54. The van der Waals surface area contributed by atoms with Gasteiger partial charge < -0.3 is 25.0 Å². The summed E-state index contributed by atoms with van der Waals surface area (Å²) in [7, 11) is 0. The van der Waals surface area contributed by atoms with Crippen LogP contribution in [0.25, 0.3) is 0 Å². The highest BCUT2D eigenvalue weighted by Crippen LogP contribution is 2.37. The Morgan fingerprint density at radius 1 is 1.25 bits per heavy atom. The monoisotopic (exact) mass is 458 g/mol. The van der Waals surface area contributed by atoms with Crippen LogP contribution in [0.15, 0.2) is 36.5 Å². The highest BCUT2D eigenvalue weighted by Gasteiger charge is 2.42. The smallest absolute Gasteiger partial charge is 0.260 e. The number of nitrogens with one attached hydrogen (secondary N) is 1. The molecule has 32 heavy (non-hydrogen) atoms. The third-order valence-electron chi connectivity index (χ3n) is 6.28. The maximum absolute atomic E-state index is 13.6. The van der Waals surface area contributed by atoms with Crippen LogP contribution < -0.4 is 10.2 Å². The third kappa shape index (κ3) is 4.48. The Kier molecular flexibility index (Phi) is 6.72. The molecule has 1 unspecified atom stereocenters. The second-order valence-corrected chi connectivity index (χ2v) is 9.26. The molecule has 1 aromatic heterocycles. The van der Waals surface area contributed by atoms with Gasteiger partial charge >= 0.3 is 0 Å². The van der Waals surface area contributed by atoms with E-state index in [1.165, 1.54) is 0 Å². The van der Waals surface area contributed by atoms with Crippen molar-refractivity contribution in [3.63, 3.8) is 0 Å². The lowest BCUT2D eigenvalue weighted by Gasteiger charge is -2.40. The van der Waals surface area contributed by atoms with Crippen LogP contribution in [0.3, 0.4) is 0 Å². The summed E-state index contributed by atoms with van der Waals surface area (Å²) in [5.74, 6) is -0.288. The van der Waals surface area contributed by atoms with E-state index in [0.717, 1.165) is 16.9 Å². The van der Waals surface area contributed by atoms with E-state index in [2.05, 4.69) is 15.2 Å². The number of aliphatic hydroxyl groups is 1. The maximum atomic E-state index is 13.6. The topological polar surface area (TPSA) is 77.9 Å². The first-order valence-electron chi connectivity index (χ1n) is 11.1. The molecule has 0 radical (unpaired) electrons. The SMILES string of the molecule is CC(C)NCC(O)(C(=O)N1CCN(c2ccnc3c2[C@H](C)OC3)CC1)c1ccc(Cl)cc1. The number of hydrogen-bond donors (Lipinski definition) is 2. The largest absolute Gasteiger partial charge is 0.374 e. The van der Waals surface area contributed by atoms with Crippen molar-refractivity contribution in [2.45, 2.75) is 45.1 Å². The van der Waals surface area contributed by atoms with E-state index in [4.69, 9.17) is 16.3 Å². The van der Waals surface area contributed by atoms with E-state index in [9.17, 15) is 9.90 Å². The summed E-state index contributed by atoms with van der Waals surface area (Å²) in [6, 6.07) is 9.01. The van der Waals surface area contributed by atoms with Gasteiger partial charge in [-0.25, -0.2) is 0 Å². The molecule has 3 heterocycles. The van der Waals surface area contributed by atoms with E-state index in [-0.39, 0.29) is 24.6 Å². The van der Waals surface area contributed by atoms with E-state index < -0.39 is 5.60 Å². The maximum Gasteiger partial charge on any atom is 0.260 e. The van der Waals surface area contributed by atoms with Crippen molar-refractivity contribution in [2.75, 3.05) is 37.6 Å². The zero-order valence-electron chi connectivity index (χ0n) is 18.8. The Morgan fingerprint density at radius 3 is 2.59 bits per heavy atom. The number of benzene rings is 1. The number of pyridine rings is 1. The molecule has 1 amide bonds. The zero-order chi connectivity index (χ0) is 22.9. The fourth-order valence-electron chi connectivity index (χ4n) is 4.42. The Hall–Kier alpha value is -2.19. The molecule has 4 rings (SSSR count). The van der Waals surface area contributed by atoms with Crippen molar-refractivity contribution in [2.24, 2.45) is 0 Å². The molecule has 2 aliphatic heterocycles. The second-order valence-electron chi connectivity index (χ2n) is 8.83. The van der Waals surface area contributed by atoms with Gasteiger partial charge in [-0.3, -0.25) is 9.78 Å². The summed E-state index contributed by atoms with van der Waals surface area (Å²) in [4.78, 5) is 22.0. The molecule has 2 N–H and O–H groups in total. The number of aromatic nitrogens is 1. The van der Waals surface area contributed by atoms with Crippen molar-refractivity contribution in [3.8, 4) is 0 Å². The number of piperazine rings is 1. The number of carbonyl (C=O) groups is 1. The number of fused-ring (bicyclic) bond motifs is 1. The van der Waals surface area contributed by atoms with Crippen LogP contribution in [0, 0.1) is 0 Å². The summed E-state index contributed by atoms with van der Waals surface area (Å²) in [5, 5.41) is 15.3. The number of hydrogen-bond acceptors (Lipinski definition) is 6. The Morgan fingerprint density at radius 2 is 1.94 bits per heavy atom. The molecule has 1 saturated heterocycles. The lowest BCUT2D eigenvalue weighted by atomic mass is 9.91. The number of halogens is 1. The predicted octanol–water partition coefficient (Wildman–Crippen LogP) is 2.86. The number of nitrogens with zero attached hydrogens (tertiary/aromatic N) is 3. The van der Waals surface area contributed by atoms with Crippen LogP contribution in [-0.4, -0.2) is 59.7 Å². The quantitative estimate of drug-likeness (QED) is 0.693. The average molecular weight is 459 g/mol. The Labute approximate surface area is 194 Å². The second kappa shape index (κ2) is 9.35. The first kappa shape index (κ1) is 23.0. The van der Waals surface area contributed by atoms with Crippen molar-refractivity contribution in [3.05, 3.63) is 58.4 Å². The van der Waals surface area contributed by atoms with Gasteiger partial charge in [-0.2, -0.15) is 0 Å². The fraction of sp³-hybridized carbons (Fsp3) is 0.500. The molecular weight excluding hydrogens is 428 g/mol. The molecule has 8 heteroatoms.